The largest absolute Gasteiger partial charge is 0.486 e. The second-order valence-corrected chi connectivity index (χ2v) is 7.46. The van der Waals surface area contributed by atoms with E-state index >= 15 is 0 Å². The zero-order valence-electron chi connectivity index (χ0n) is 16.6. The summed E-state index contributed by atoms with van der Waals surface area (Å²) >= 11 is 0. The summed E-state index contributed by atoms with van der Waals surface area (Å²) in [6, 6.07) is 12.6. The normalized spacial score (nSPS) is 12.3. The number of ether oxygens (including phenoxy) is 1. The minimum Gasteiger partial charge on any atom is -0.486 e. The van der Waals surface area contributed by atoms with Crippen molar-refractivity contribution in [2.45, 2.75) is 33.8 Å². The Morgan fingerprint density at radius 1 is 1.10 bits per heavy atom. The van der Waals surface area contributed by atoms with E-state index in [4.69, 9.17) is 4.74 Å². The van der Waals surface area contributed by atoms with Gasteiger partial charge in [-0.05, 0) is 61.2 Å². The summed E-state index contributed by atoms with van der Waals surface area (Å²) in [7, 11) is 0. The SMILES string of the molecule is Cc1ccc(-c2c(C)c3c(c(C)c2CC(=O)O)Nc2ccc(F)cc2CO3)cc1. The first kappa shape index (κ1) is 19.0. The van der Waals surface area contributed by atoms with E-state index in [9.17, 15) is 14.3 Å². The Morgan fingerprint density at radius 2 is 1.83 bits per heavy atom. The number of rotatable bonds is 3. The van der Waals surface area contributed by atoms with Crippen molar-refractivity contribution in [3.63, 3.8) is 0 Å². The number of halogens is 1. The highest BCUT2D eigenvalue weighted by molar-refractivity contribution is 5.88. The Morgan fingerprint density at radius 3 is 2.52 bits per heavy atom. The van der Waals surface area contributed by atoms with Gasteiger partial charge < -0.3 is 15.2 Å². The Labute approximate surface area is 169 Å². The molecule has 148 valence electrons. The number of aliphatic carboxylic acids is 1. The quantitative estimate of drug-likeness (QED) is 0.603. The fourth-order valence-corrected chi connectivity index (χ4v) is 3.94. The standard InChI is InChI=1S/C24H22FNO3/c1-13-4-6-16(7-5-13)22-15(3)24-23(14(2)19(22)11-21(27)28)26-20-9-8-18(25)10-17(20)12-29-24/h4-10,26H,11-12H2,1-3H3,(H,27,28). The molecule has 0 spiro atoms. The van der Waals surface area contributed by atoms with Crippen LogP contribution in [0, 0.1) is 26.6 Å². The van der Waals surface area contributed by atoms with Gasteiger partial charge in [-0.25, -0.2) is 4.39 Å². The highest BCUT2D eigenvalue weighted by Crippen LogP contribution is 2.46. The first-order chi connectivity index (χ1) is 13.8. The number of carbonyl (C=O) groups is 1. The van der Waals surface area contributed by atoms with Crippen molar-refractivity contribution in [1.29, 1.82) is 0 Å². The first-order valence-electron chi connectivity index (χ1n) is 9.48. The fourth-order valence-electron chi connectivity index (χ4n) is 3.94. The third-order valence-electron chi connectivity index (χ3n) is 5.44. The summed E-state index contributed by atoms with van der Waals surface area (Å²) in [4.78, 5) is 11.6. The lowest BCUT2D eigenvalue weighted by atomic mass is 9.88. The van der Waals surface area contributed by atoms with Crippen LogP contribution in [0.2, 0.25) is 0 Å². The van der Waals surface area contributed by atoms with Crippen LogP contribution in [0.3, 0.4) is 0 Å². The Kier molecular flexibility index (Phi) is 4.74. The van der Waals surface area contributed by atoms with E-state index in [-0.39, 0.29) is 18.8 Å². The topological polar surface area (TPSA) is 58.6 Å². The van der Waals surface area contributed by atoms with Gasteiger partial charge in [0.1, 0.15) is 18.2 Å². The molecule has 1 heterocycles. The van der Waals surface area contributed by atoms with Crippen molar-refractivity contribution in [2.75, 3.05) is 5.32 Å². The highest BCUT2D eigenvalue weighted by Gasteiger charge is 2.25. The molecule has 1 aliphatic heterocycles. The third kappa shape index (κ3) is 3.44. The van der Waals surface area contributed by atoms with Gasteiger partial charge in [-0.1, -0.05) is 29.8 Å². The number of carboxylic acid groups (broad SMARTS) is 1. The molecule has 3 aromatic rings. The summed E-state index contributed by atoms with van der Waals surface area (Å²) in [5.41, 5.74) is 7.61. The van der Waals surface area contributed by atoms with Crippen LogP contribution in [0.15, 0.2) is 42.5 Å². The molecule has 2 N–H and O–H groups in total. The molecule has 0 bridgehead atoms. The number of anilines is 2. The Bertz CT molecular complexity index is 1120. The fraction of sp³-hybridized carbons (Fsp3) is 0.208. The van der Waals surface area contributed by atoms with Crippen LogP contribution in [-0.2, 0) is 17.8 Å². The maximum absolute atomic E-state index is 13.7. The number of carboxylic acids is 1. The van der Waals surface area contributed by atoms with Crippen LogP contribution in [-0.4, -0.2) is 11.1 Å². The predicted octanol–water partition coefficient (Wildman–Crippen LogP) is 5.68. The second-order valence-electron chi connectivity index (χ2n) is 7.46. The summed E-state index contributed by atoms with van der Waals surface area (Å²) in [5, 5.41) is 12.9. The highest BCUT2D eigenvalue weighted by atomic mass is 19.1. The molecule has 4 rings (SSSR count). The van der Waals surface area contributed by atoms with Crippen molar-refractivity contribution in [1.82, 2.24) is 0 Å². The summed E-state index contributed by atoms with van der Waals surface area (Å²) in [5.74, 6) is -0.540. The molecule has 0 amide bonds. The summed E-state index contributed by atoms with van der Waals surface area (Å²) < 4.78 is 19.8. The lowest BCUT2D eigenvalue weighted by Gasteiger charge is -2.22. The maximum atomic E-state index is 13.7. The molecule has 3 aromatic carbocycles. The van der Waals surface area contributed by atoms with Crippen LogP contribution in [0.25, 0.3) is 11.1 Å². The molecule has 0 atom stereocenters. The van der Waals surface area contributed by atoms with E-state index in [0.717, 1.165) is 50.3 Å². The van der Waals surface area contributed by atoms with Crippen LogP contribution in [0.5, 0.6) is 5.75 Å². The van der Waals surface area contributed by atoms with E-state index in [0.29, 0.717) is 5.75 Å². The molecule has 0 radical (unpaired) electrons. The number of hydrogen-bond donors (Lipinski definition) is 2. The van der Waals surface area contributed by atoms with Gasteiger partial charge >= 0.3 is 5.97 Å². The van der Waals surface area contributed by atoms with E-state index in [1.807, 2.05) is 45.0 Å². The van der Waals surface area contributed by atoms with Gasteiger partial charge in [-0.2, -0.15) is 0 Å². The zero-order chi connectivity index (χ0) is 20.7. The third-order valence-corrected chi connectivity index (χ3v) is 5.44. The molecule has 0 aliphatic carbocycles. The van der Waals surface area contributed by atoms with E-state index in [1.54, 1.807) is 6.07 Å². The van der Waals surface area contributed by atoms with E-state index in [2.05, 4.69) is 5.32 Å². The number of hydrogen-bond acceptors (Lipinski definition) is 3. The van der Waals surface area contributed by atoms with Crippen LogP contribution in [0.4, 0.5) is 15.8 Å². The van der Waals surface area contributed by atoms with Crippen molar-refractivity contribution in [2.24, 2.45) is 0 Å². The molecule has 1 aliphatic rings. The number of fused-ring (bicyclic) bond motifs is 2. The monoisotopic (exact) mass is 391 g/mol. The summed E-state index contributed by atoms with van der Waals surface area (Å²) in [6.45, 7) is 6.09. The smallest absolute Gasteiger partial charge is 0.307 e. The summed E-state index contributed by atoms with van der Waals surface area (Å²) in [6.07, 6.45) is -0.0961. The number of nitrogens with one attached hydrogen (secondary N) is 1. The average Bonchev–Trinajstić information content (AvgIpc) is 2.86. The van der Waals surface area contributed by atoms with Gasteiger partial charge in [-0.3, -0.25) is 4.79 Å². The molecule has 5 heteroatoms. The van der Waals surface area contributed by atoms with Gasteiger partial charge in [0.2, 0.25) is 0 Å². The van der Waals surface area contributed by atoms with Crippen LogP contribution in [0.1, 0.15) is 27.8 Å². The van der Waals surface area contributed by atoms with E-state index < -0.39 is 5.97 Å². The predicted molar refractivity (Wildman–Crippen MR) is 111 cm³/mol. The zero-order valence-corrected chi connectivity index (χ0v) is 16.6. The maximum Gasteiger partial charge on any atom is 0.307 e. The van der Waals surface area contributed by atoms with Gasteiger partial charge in [0.05, 0.1) is 12.1 Å². The number of benzene rings is 3. The lowest BCUT2D eigenvalue weighted by Crippen LogP contribution is -2.09. The van der Waals surface area contributed by atoms with Gasteiger partial charge in [0.25, 0.3) is 0 Å². The van der Waals surface area contributed by atoms with Gasteiger partial charge in [0, 0.05) is 16.8 Å². The molecular weight excluding hydrogens is 369 g/mol. The van der Waals surface area contributed by atoms with Gasteiger partial charge in [0.15, 0.2) is 0 Å². The molecule has 0 aromatic heterocycles. The molecule has 0 fully saturated rings. The van der Waals surface area contributed by atoms with Crippen LogP contribution < -0.4 is 10.1 Å². The minimum absolute atomic E-state index is 0.0961. The lowest BCUT2D eigenvalue weighted by molar-refractivity contribution is -0.136. The van der Waals surface area contributed by atoms with E-state index in [1.165, 1.54) is 12.1 Å². The molecule has 29 heavy (non-hydrogen) atoms. The van der Waals surface area contributed by atoms with Gasteiger partial charge in [-0.15, -0.1) is 0 Å². The first-order valence-corrected chi connectivity index (χ1v) is 9.48. The molecular formula is C24H22FNO3. The van der Waals surface area contributed by atoms with Crippen molar-refractivity contribution in [3.8, 4) is 16.9 Å². The van der Waals surface area contributed by atoms with Crippen LogP contribution >= 0.6 is 0 Å². The Hall–Kier alpha value is -3.34. The van der Waals surface area contributed by atoms with Crippen molar-refractivity contribution < 1.29 is 19.0 Å². The van der Waals surface area contributed by atoms with Crippen molar-refractivity contribution in [3.05, 3.63) is 76.1 Å². The molecule has 0 saturated heterocycles. The Balaban J connectivity index is 1.95. The molecule has 0 saturated carbocycles. The molecule has 0 unspecified atom stereocenters. The average molecular weight is 391 g/mol. The minimum atomic E-state index is -0.891. The molecule has 4 nitrogen and oxygen atoms in total. The van der Waals surface area contributed by atoms with Crippen molar-refractivity contribution >= 4 is 17.3 Å². The number of aryl methyl sites for hydroxylation is 1. The second kappa shape index (κ2) is 7.24.